The highest BCUT2D eigenvalue weighted by Gasteiger charge is 2.15. The zero-order chi connectivity index (χ0) is 17.4. The number of likely N-dealkylation sites (tertiary alicyclic amines) is 1. The van der Waals surface area contributed by atoms with Crippen LogP contribution in [0.2, 0.25) is 0 Å². The average molecular weight is 332 g/mol. The summed E-state index contributed by atoms with van der Waals surface area (Å²) in [7, 11) is 3.52. The second kappa shape index (κ2) is 9.52. The number of aliphatic imine (C=N–C) groups is 1. The number of ether oxygens (including phenoxy) is 1. The van der Waals surface area contributed by atoms with E-state index in [0.29, 0.717) is 6.54 Å². The van der Waals surface area contributed by atoms with Gasteiger partial charge in [-0.15, -0.1) is 0 Å². The number of piperidine rings is 1. The molecule has 0 unspecified atom stereocenters. The van der Waals surface area contributed by atoms with Crippen LogP contribution in [0.3, 0.4) is 0 Å². The van der Waals surface area contributed by atoms with Crippen molar-refractivity contribution < 1.29 is 4.74 Å². The molecule has 0 saturated carbocycles. The molecular formula is C19H32N4O. The van der Waals surface area contributed by atoms with E-state index in [0.717, 1.165) is 36.3 Å². The van der Waals surface area contributed by atoms with Crippen LogP contribution in [0.4, 0.5) is 0 Å². The van der Waals surface area contributed by atoms with Crippen molar-refractivity contribution in [3.63, 3.8) is 0 Å². The summed E-state index contributed by atoms with van der Waals surface area (Å²) in [5.41, 5.74) is 2.34. The molecule has 1 aliphatic rings. The van der Waals surface area contributed by atoms with Crippen LogP contribution in [-0.4, -0.2) is 51.2 Å². The molecular weight excluding hydrogens is 300 g/mol. The summed E-state index contributed by atoms with van der Waals surface area (Å²) in [6.45, 7) is 9.54. The van der Waals surface area contributed by atoms with Gasteiger partial charge >= 0.3 is 0 Å². The first-order valence-corrected chi connectivity index (χ1v) is 8.92. The molecule has 1 saturated heterocycles. The van der Waals surface area contributed by atoms with Crippen LogP contribution in [0.5, 0.6) is 5.75 Å². The quantitative estimate of drug-likeness (QED) is 0.620. The van der Waals surface area contributed by atoms with Gasteiger partial charge in [0.25, 0.3) is 0 Å². The summed E-state index contributed by atoms with van der Waals surface area (Å²) in [5, 5.41) is 6.77. The Morgan fingerprint density at radius 1 is 1.29 bits per heavy atom. The van der Waals surface area contributed by atoms with E-state index in [4.69, 9.17) is 4.74 Å². The summed E-state index contributed by atoms with van der Waals surface area (Å²) in [4.78, 5) is 6.84. The minimum atomic E-state index is 0.699. The van der Waals surface area contributed by atoms with E-state index in [2.05, 4.69) is 52.6 Å². The fourth-order valence-electron chi connectivity index (χ4n) is 3.02. The molecule has 2 rings (SSSR count). The fraction of sp³-hybridized carbons (Fsp3) is 0.632. The number of methoxy groups -OCH3 is 1. The maximum atomic E-state index is 5.45. The van der Waals surface area contributed by atoms with Gasteiger partial charge in [-0.25, -0.2) is 0 Å². The maximum Gasteiger partial charge on any atom is 0.191 e. The SMILES string of the molecule is CN=C(NCCN1CCC(C)CC1)NCc1ccc(C)cc1OC. The molecule has 0 bridgehead atoms. The van der Waals surface area contributed by atoms with Gasteiger partial charge in [-0.2, -0.15) is 0 Å². The third-order valence-corrected chi connectivity index (χ3v) is 4.71. The predicted octanol–water partition coefficient (Wildman–Crippen LogP) is 2.40. The number of hydrogen-bond donors (Lipinski definition) is 2. The number of nitrogens with one attached hydrogen (secondary N) is 2. The summed E-state index contributed by atoms with van der Waals surface area (Å²) >= 11 is 0. The first-order chi connectivity index (χ1) is 11.6. The molecule has 0 aromatic heterocycles. The van der Waals surface area contributed by atoms with Crippen LogP contribution in [0, 0.1) is 12.8 Å². The monoisotopic (exact) mass is 332 g/mol. The lowest BCUT2D eigenvalue weighted by Gasteiger charge is -2.30. The van der Waals surface area contributed by atoms with E-state index in [-0.39, 0.29) is 0 Å². The highest BCUT2D eigenvalue weighted by molar-refractivity contribution is 5.79. The number of aryl methyl sites for hydroxylation is 1. The predicted molar refractivity (Wildman–Crippen MR) is 101 cm³/mol. The van der Waals surface area contributed by atoms with Gasteiger partial charge in [0.15, 0.2) is 5.96 Å². The van der Waals surface area contributed by atoms with E-state index in [1.54, 1.807) is 7.11 Å². The molecule has 1 heterocycles. The van der Waals surface area contributed by atoms with Crippen molar-refractivity contribution in [3.8, 4) is 5.75 Å². The van der Waals surface area contributed by atoms with Crippen LogP contribution >= 0.6 is 0 Å². The van der Waals surface area contributed by atoms with E-state index in [1.165, 1.54) is 31.5 Å². The van der Waals surface area contributed by atoms with Gasteiger partial charge in [-0.05, 0) is 50.4 Å². The molecule has 1 aromatic carbocycles. The van der Waals surface area contributed by atoms with Crippen molar-refractivity contribution in [2.75, 3.05) is 40.3 Å². The average Bonchev–Trinajstić information content (AvgIpc) is 2.60. The van der Waals surface area contributed by atoms with Gasteiger partial charge in [0.05, 0.1) is 7.11 Å². The Hall–Kier alpha value is -1.75. The minimum Gasteiger partial charge on any atom is -0.496 e. The molecule has 2 N–H and O–H groups in total. The Labute approximate surface area is 146 Å². The molecule has 0 radical (unpaired) electrons. The molecule has 134 valence electrons. The molecule has 1 aliphatic heterocycles. The molecule has 0 spiro atoms. The molecule has 0 amide bonds. The van der Waals surface area contributed by atoms with Gasteiger partial charge < -0.3 is 20.3 Å². The molecule has 5 nitrogen and oxygen atoms in total. The molecule has 0 atom stereocenters. The molecule has 5 heteroatoms. The van der Waals surface area contributed by atoms with E-state index in [9.17, 15) is 0 Å². The number of guanidine groups is 1. The summed E-state index contributed by atoms with van der Waals surface area (Å²) in [5.74, 6) is 2.64. The molecule has 1 fully saturated rings. The van der Waals surface area contributed by atoms with E-state index in [1.807, 2.05) is 7.05 Å². The molecule has 0 aliphatic carbocycles. The van der Waals surface area contributed by atoms with Gasteiger partial charge in [0, 0.05) is 32.2 Å². The number of hydrogen-bond acceptors (Lipinski definition) is 3. The van der Waals surface area contributed by atoms with E-state index < -0.39 is 0 Å². The van der Waals surface area contributed by atoms with Crippen molar-refractivity contribution >= 4 is 5.96 Å². The largest absolute Gasteiger partial charge is 0.496 e. The van der Waals surface area contributed by atoms with E-state index >= 15 is 0 Å². The summed E-state index contributed by atoms with van der Waals surface area (Å²) in [6, 6.07) is 6.26. The number of nitrogens with zero attached hydrogens (tertiary/aromatic N) is 2. The van der Waals surface area contributed by atoms with Gasteiger partial charge in [0.2, 0.25) is 0 Å². The topological polar surface area (TPSA) is 48.9 Å². The van der Waals surface area contributed by atoms with Gasteiger partial charge in [-0.3, -0.25) is 4.99 Å². The van der Waals surface area contributed by atoms with Crippen LogP contribution in [0.1, 0.15) is 30.9 Å². The third-order valence-electron chi connectivity index (χ3n) is 4.71. The second-order valence-electron chi connectivity index (χ2n) is 6.69. The zero-order valence-corrected chi connectivity index (χ0v) is 15.6. The number of rotatable bonds is 6. The van der Waals surface area contributed by atoms with Crippen LogP contribution < -0.4 is 15.4 Å². The normalized spacial score (nSPS) is 16.9. The lowest BCUT2D eigenvalue weighted by molar-refractivity contribution is 0.195. The Bertz CT molecular complexity index is 536. The fourth-order valence-corrected chi connectivity index (χ4v) is 3.02. The second-order valence-corrected chi connectivity index (χ2v) is 6.69. The first-order valence-electron chi connectivity index (χ1n) is 8.92. The highest BCUT2D eigenvalue weighted by Crippen LogP contribution is 2.19. The van der Waals surface area contributed by atoms with Crippen molar-refractivity contribution in [2.24, 2.45) is 10.9 Å². The van der Waals surface area contributed by atoms with Crippen LogP contribution in [0.25, 0.3) is 0 Å². The Balaban J connectivity index is 1.74. The van der Waals surface area contributed by atoms with Crippen molar-refractivity contribution in [1.29, 1.82) is 0 Å². The Morgan fingerprint density at radius 2 is 2.04 bits per heavy atom. The standard InChI is InChI=1S/C19H32N4O/c1-15-7-10-23(11-8-15)12-9-21-19(20-3)22-14-17-6-5-16(2)13-18(17)24-4/h5-6,13,15H,7-12,14H2,1-4H3,(H2,20,21,22). The molecule has 24 heavy (non-hydrogen) atoms. The lowest BCUT2D eigenvalue weighted by atomic mass is 9.99. The van der Waals surface area contributed by atoms with Crippen molar-refractivity contribution in [1.82, 2.24) is 15.5 Å². The van der Waals surface area contributed by atoms with Crippen LogP contribution in [-0.2, 0) is 6.54 Å². The summed E-state index contributed by atoms with van der Waals surface area (Å²) in [6.07, 6.45) is 2.64. The third kappa shape index (κ3) is 5.71. The molecule has 1 aromatic rings. The van der Waals surface area contributed by atoms with Crippen molar-refractivity contribution in [2.45, 2.75) is 33.2 Å². The highest BCUT2D eigenvalue weighted by atomic mass is 16.5. The Kier molecular flexibility index (Phi) is 7.37. The maximum absolute atomic E-state index is 5.45. The number of benzene rings is 1. The van der Waals surface area contributed by atoms with Gasteiger partial charge in [-0.1, -0.05) is 19.1 Å². The minimum absolute atomic E-state index is 0.699. The smallest absolute Gasteiger partial charge is 0.191 e. The first kappa shape index (κ1) is 18.6. The van der Waals surface area contributed by atoms with Crippen molar-refractivity contribution in [3.05, 3.63) is 29.3 Å². The zero-order valence-electron chi connectivity index (χ0n) is 15.6. The Morgan fingerprint density at radius 3 is 2.71 bits per heavy atom. The van der Waals surface area contributed by atoms with Crippen LogP contribution in [0.15, 0.2) is 23.2 Å². The van der Waals surface area contributed by atoms with Gasteiger partial charge in [0.1, 0.15) is 5.75 Å². The summed E-state index contributed by atoms with van der Waals surface area (Å²) < 4.78 is 5.45. The lowest BCUT2D eigenvalue weighted by Crippen LogP contribution is -2.43.